The van der Waals surface area contributed by atoms with E-state index in [1.165, 1.54) is 0 Å². The molecule has 3 N–H and O–H groups in total. The summed E-state index contributed by atoms with van der Waals surface area (Å²) in [6, 6.07) is -0.628. The van der Waals surface area contributed by atoms with E-state index in [9.17, 15) is 9.59 Å². The van der Waals surface area contributed by atoms with E-state index in [0.29, 0.717) is 5.92 Å². The third-order valence-electron chi connectivity index (χ3n) is 3.40. The molecule has 98 valence electrons. The summed E-state index contributed by atoms with van der Waals surface area (Å²) in [6.45, 7) is 4.72. The van der Waals surface area contributed by atoms with Gasteiger partial charge in [-0.2, -0.15) is 0 Å². The highest BCUT2D eigenvalue weighted by atomic mass is 16.2. The van der Waals surface area contributed by atoms with Gasteiger partial charge in [0.05, 0.1) is 6.04 Å². The van der Waals surface area contributed by atoms with Crippen LogP contribution in [0.2, 0.25) is 0 Å². The first-order valence-corrected chi connectivity index (χ1v) is 6.33. The Labute approximate surface area is 103 Å². The smallest absolute Gasteiger partial charge is 0.242 e. The van der Waals surface area contributed by atoms with Crippen molar-refractivity contribution in [2.75, 3.05) is 13.6 Å². The van der Waals surface area contributed by atoms with E-state index in [1.807, 2.05) is 0 Å². The van der Waals surface area contributed by atoms with Gasteiger partial charge in [0.25, 0.3) is 0 Å². The van der Waals surface area contributed by atoms with E-state index in [4.69, 9.17) is 0 Å². The molecule has 5 heteroatoms. The minimum atomic E-state index is -0.476. The van der Waals surface area contributed by atoms with Gasteiger partial charge in [0.2, 0.25) is 11.8 Å². The van der Waals surface area contributed by atoms with Gasteiger partial charge in [0, 0.05) is 7.05 Å². The van der Waals surface area contributed by atoms with Gasteiger partial charge in [0.15, 0.2) is 0 Å². The predicted octanol–water partition coefficient (Wildman–Crippen LogP) is 0.0153. The number of hydrogen-bond acceptors (Lipinski definition) is 3. The average molecular weight is 241 g/mol. The number of likely N-dealkylation sites (N-methyl/N-ethyl adjacent to an activating group) is 1. The molecule has 0 aromatic rings. The van der Waals surface area contributed by atoms with Gasteiger partial charge >= 0.3 is 0 Å². The van der Waals surface area contributed by atoms with Crippen LogP contribution in [0.5, 0.6) is 0 Å². The lowest BCUT2D eigenvalue weighted by molar-refractivity contribution is -0.130. The van der Waals surface area contributed by atoms with Crippen LogP contribution in [-0.4, -0.2) is 37.5 Å². The van der Waals surface area contributed by atoms with Crippen molar-refractivity contribution >= 4 is 11.8 Å². The Morgan fingerprint density at radius 2 is 2.18 bits per heavy atom. The minimum absolute atomic E-state index is 0.0701. The molecule has 1 heterocycles. The fraction of sp³-hybridized carbons (Fsp3) is 0.833. The van der Waals surface area contributed by atoms with Crippen LogP contribution in [0.1, 0.15) is 33.1 Å². The lowest BCUT2D eigenvalue weighted by Gasteiger charge is -2.29. The summed E-state index contributed by atoms with van der Waals surface area (Å²) >= 11 is 0. The highest BCUT2D eigenvalue weighted by Crippen LogP contribution is 2.19. The number of carbonyl (C=O) groups is 2. The van der Waals surface area contributed by atoms with Crippen molar-refractivity contribution in [3.8, 4) is 0 Å². The van der Waals surface area contributed by atoms with Crippen molar-refractivity contribution in [2.24, 2.45) is 5.92 Å². The third kappa shape index (κ3) is 4.00. The van der Waals surface area contributed by atoms with E-state index in [2.05, 4.69) is 22.9 Å². The maximum atomic E-state index is 11.9. The van der Waals surface area contributed by atoms with Crippen LogP contribution in [0.25, 0.3) is 0 Å². The van der Waals surface area contributed by atoms with Crippen molar-refractivity contribution in [1.82, 2.24) is 16.0 Å². The fourth-order valence-corrected chi connectivity index (χ4v) is 2.16. The summed E-state index contributed by atoms with van der Waals surface area (Å²) in [7, 11) is 1.57. The SMILES string of the molecule is CCC1CCNC(C(=O)NC(C)C(=O)NC)C1. The van der Waals surface area contributed by atoms with Crippen LogP contribution in [-0.2, 0) is 9.59 Å². The first-order valence-electron chi connectivity index (χ1n) is 6.33. The Morgan fingerprint density at radius 1 is 1.47 bits per heavy atom. The number of nitrogens with one attached hydrogen (secondary N) is 3. The standard InChI is InChI=1S/C12H23N3O2/c1-4-9-5-6-14-10(7-9)12(17)15-8(2)11(16)13-3/h8-10,14H,4-7H2,1-3H3,(H,13,16)(H,15,17). The molecule has 1 saturated heterocycles. The zero-order chi connectivity index (χ0) is 12.8. The van der Waals surface area contributed by atoms with Crippen molar-refractivity contribution in [3.63, 3.8) is 0 Å². The average Bonchev–Trinajstić information content (AvgIpc) is 2.37. The zero-order valence-electron chi connectivity index (χ0n) is 10.9. The van der Waals surface area contributed by atoms with Crippen molar-refractivity contribution in [2.45, 2.75) is 45.2 Å². The second-order valence-corrected chi connectivity index (χ2v) is 4.65. The quantitative estimate of drug-likeness (QED) is 0.649. The Kier molecular flexibility index (Phi) is 5.41. The molecule has 17 heavy (non-hydrogen) atoms. The maximum Gasteiger partial charge on any atom is 0.242 e. The summed E-state index contributed by atoms with van der Waals surface area (Å²) in [6.07, 6.45) is 3.10. The number of rotatable bonds is 4. The zero-order valence-corrected chi connectivity index (χ0v) is 10.9. The molecule has 5 nitrogen and oxygen atoms in total. The maximum absolute atomic E-state index is 11.9. The molecule has 0 aromatic heterocycles. The Morgan fingerprint density at radius 3 is 2.76 bits per heavy atom. The molecule has 0 bridgehead atoms. The summed E-state index contributed by atoms with van der Waals surface area (Å²) in [4.78, 5) is 23.2. The molecule has 0 radical (unpaired) electrons. The lowest BCUT2D eigenvalue weighted by Crippen LogP contribution is -2.53. The van der Waals surface area contributed by atoms with Gasteiger partial charge in [-0.3, -0.25) is 9.59 Å². The summed E-state index contributed by atoms with van der Waals surface area (Å²) in [5.41, 5.74) is 0. The van der Waals surface area contributed by atoms with Gasteiger partial charge in [-0.15, -0.1) is 0 Å². The van der Waals surface area contributed by atoms with Gasteiger partial charge in [-0.05, 0) is 32.2 Å². The van der Waals surface area contributed by atoms with E-state index in [1.54, 1.807) is 14.0 Å². The third-order valence-corrected chi connectivity index (χ3v) is 3.40. The Bertz CT molecular complexity index is 281. The summed E-state index contributed by atoms with van der Waals surface area (Å²) < 4.78 is 0. The second kappa shape index (κ2) is 6.59. The molecule has 0 aromatic carbocycles. The molecule has 1 aliphatic heterocycles. The van der Waals surface area contributed by atoms with Gasteiger partial charge < -0.3 is 16.0 Å². The van der Waals surface area contributed by atoms with Crippen LogP contribution >= 0.6 is 0 Å². The largest absolute Gasteiger partial charge is 0.357 e. The van der Waals surface area contributed by atoms with Crippen LogP contribution in [0.15, 0.2) is 0 Å². The highest BCUT2D eigenvalue weighted by Gasteiger charge is 2.27. The topological polar surface area (TPSA) is 70.2 Å². The first-order chi connectivity index (χ1) is 8.08. The molecule has 1 rings (SSSR count). The van der Waals surface area contributed by atoms with Crippen LogP contribution < -0.4 is 16.0 Å². The fourth-order valence-electron chi connectivity index (χ4n) is 2.16. The molecule has 3 atom stereocenters. The highest BCUT2D eigenvalue weighted by molar-refractivity contribution is 5.89. The lowest BCUT2D eigenvalue weighted by atomic mass is 9.90. The normalized spacial score (nSPS) is 26.1. The van der Waals surface area contributed by atoms with Gasteiger partial charge in [0.1, 0.15) is 6.04 Å². The number of piperidine rings is 1. The summed E-state index contributed by atoms with van der Waals surface area (Å²) in [5.74, 6) is 0.378. The van der Waals surface area contributed by atoms with Gasteiger partial charge in [-0.1, -0.05) is 13.3 Å². The van der Waals surface area contributed by atoms with E-state index in [0.717, 1.165) is 25.8 Å². The number of hydrogen-bond donors (Lipinski definition) is 3. The van der Waals surface area contributed by atoms with Crippen molar-refractivity contribution < 1.29 is 9.59 Å². The number of carbonyl (C=O) groups excluding carboxylic acids is 2. The Balaban J connectivity index is 2.44. The van der Waals surface area contributed by atoms with Crippen molar-refractivity contribution in [3.05, 3.63) is 0 Å². The second-order valence-electron chi connectivity index (χ2n) is 4.65. The molecular formula is C12H23N3O2. The monoisotopic (exact) mass is 241 g/mol. The molecule has 0 spiro atoms. The van der Waals surface area contributed by atoms with Crippen LogP contribution in [0.4, 0.5) is 0 Å². The van der Waals surface area contributed by atoms with E-state index < -0.39 is 6.04 Å². The van der Waals surface area contributed by atoms with E-state index in [-0.39, 0.29) is 17.9 Å². The van der Waals surface area contributed by atoms with Gasteiger partial charge in [-0.25, -0.2) is 0 Å². The number of amides is 2. The molecule has 1 aliphatic rings. The minimum Gasteiger partial charge on any atom is -0.357 e. The summed E-state index contributed by atoms with van der Waals surface area (Å²) in [5, 5.41) is 8.45. The molecule has 0 saturated carbocycles. The predicted molar refractivity (Wildman–Crippen MR) is 66.5 cm³/mol. The van der Waals surface area contributed by atoms with Crippen LogP contribution in [0.3, 0.4) is 0 Å². The molecule has 1 fully saturated rings. The molecule has 2 amide bonds. The molecule has 3 unspecified atom stereocenters. The van der Waals surface area contributed by atoms with Crippen molar-refractivity contribution in [1.29, 1.82) is 0 Å². The first kappa shape index (κ1) is 14.0. The molecule has 0 aliphatic carbocycles. The van der Waals surface area contributed by atoms with Crippen LogP contribution in [0, 0.1) is 5.92 Å². The van der Waals surface area contributed by atoms with E-state index >= 15 is 0 Å². The Hall–Kier alpha value is -1.10. The molecular weight excluding hydrogens is 218 g/mol.